The minimum Gasteiger partial charge on any atom is -0.279 e. The van der Waals surface area contributed by atoms with E-state index in [2.05, 4.69) is 18.2 Å². The molecule has 1 heterocycles. The van der Waals surface area contributed by atoms with Gasteiger partial charge in [0.25, 0.3) is 0 Å². The van der Waals surface area contributed by atoms with Crippen molar-refractivity contribution in [3.05, 3.63) is 71.8 Å². The summed E-state index contributed by atoms with van der Waals surface area (Å²) in [7, 11) is 0. The van der Waals surface area contributed by atoms with E-state index in [4.69, 9.17) is 4.99 Å². The summed E-state index contributed by atoms with van der Waals surface area (Å²) in [5.74, 6) is 0. The lowest BCUT2D eigenvalue weighted by Crippen LogP contribution is -2.22. The maximum Gasteiger partial charge on any atom is 0.0990 e. The highest BCUT2D eigenvalue weighted by Crippen LogP contribution is 2.42. The second kappa shape index (κ2) is 4.94. The third-order valence-corrected chi connectivity index (χ3v) is 3.89. The number of hydrogen-bond acceptors (Lipinski definition) is 2. The Morgan fingerprint density at radius 3 is 2.25 bits per heavy atom. The normalized spacial score (nSPS) is 25.0. The van der Waals surface area contributed by atoms with E-state index in [1.807, 2.05) is 55.5 Å². The fraction of sp³-hybridized carbons (Fsp3) is 0.222. The smallest absolute Gasteiger partial charge is 0.0990 e. The summed E-state index contributed by atoms with van der Waals surface area (Å²) in [6, 6.07) is 22.8. The van der Waals surface area contributed by atoms with Crippen LogP contribution < -0.4 is 0 Å². The van der Waals surface area contributed by atoms with Gasteiger partial charge < -0.3 is 0 Å². The molecule has 2 nitrogen and oxygen atoms in total. The fourth-order valence-electron chi connectivity index (χ4n) is 2.78. The summed E-state index contributed by atoms with van der Waals surface area (Å²) in [5, 5.41) is 9.59. The molecule has 0 aromatic heterocycles. The lowest BCUT2D eigenvalue weighted by Gasteiger charge is -2.17. The molecule has 0 fully saturated rings. The molecule has 0 unspecified atom stereocenters. The van der Waals surface area contributed by atoms with Crippen LogP contribution >= 0.6 is 0 Å². The molecule has 0 amide bonds. The molecule has 1 aliphatic heterocycles. The molecular weight excluding hydrogens is 244 g/mol. The molecule has 0 spiro atoms. The SMILES string of the molecule is C[C@]1(C#N)C[C@@H](c2ccccc2)N=C1c1ccccc1. The first-order valence-corrected chi connectivity index (χ1v) is 6.83. The fourth-order valence-corrected chi connectivity index (χ4v) is 2.78. The zero-order valence-corrected chi connectivity index (χ0v) is 11.5. The van der Waals surface area contributed by atoms with Crippen LogP contribution in [-0.4, -0.2) is 5.71 Å². The van der Waals surface area contributed by atoms with Crippen LogP contribution in [0.25, 0.3) is 0 Å². The van der Waals surface area contributed by atoms with Crippen molar-refractivity contribution >= 4 is 5.71 Å². The second-order valence-electron chi connectivity index (χ2n) is 5.42. The van der Waals surface area contributed by atoms with Gasteiger partial charge in [-0.05, 0) is 24.5 Å². The van der Waals surface area contributed by atoms with E-state index in [9.17, 15) is 5.26 Å². The number of nitriles is 1. The Labute approximate surface area is 119 Å². The van der Waals surface area contributed by atoms with Crippen molar-refractivity contribution in [1.82, 2.24) is 0 Å². The quantitative estimate of drug-likeness (QED) is 0.799. The summed E-state index contributed by atoms with van der Waals surface area (Å²) in [4.78, 5) is 4.85. The second-order valence-corrected chi connectivity index (χ2v) is 5.42. The molecule has 0 aliphatic carbocycles. The van der Waals surface area contributed by atoms with Crippen LogP contribution in [0, 0.1) is 16.7 Å². The Morgan fingerprint density at radius 1 is 1.05 bits per heavy atom. The number of hydrogen-bond donors (Lipinski definition) is 0. The van der Waals surface area contributed by atoms with Gasteiger partial charge in [0, 0.05) is 0 Å². The maximum absolute atomic E-state index is 9.59. The van der Waals surface area contributed by atoms with Crippen LogP contribution in [-0.2, 0) is 0 Å². The molecule has 2 aromatic rings. The molecule has 2 aromatic carbocycles. The van der Waals surface area contributed by atoms with Gasteiger partial charge in [-0.15, -0.1) is 0 Å². The molecule has 98 valence electrons. The first-order chi connectivity index (χ1) is 9.73. The molecule has 0 saturated carbocycles. The van der Waals surface area contributed by atoms with Gasteiger partial charge in [-0.1, -0.05) is 60.7 Å². The van der Waals surface area contributed by atoms with E-state index in [0.29, 0.717) is 0 Å². The Bertz CT molecular complexity index is 668. The Balaban J connectivity index is 2.04. The van der Waals surface area contributed by atoms with E-state index in [1.54, 1.807) is 0 Å². The summed E-state index contributed by atoms with van der Waals surface area (Å²) < 4.78 is 0. The molecule has 0 N–H and O–H groups in total. The van der Waals surface area contributed by atoms with Gasteiger partial charge in [-0.2, -0.15) is 5.26 Å². The van der Waals surface area contributed by atoms with E-state index in [1.165, 1.54) is 5.56 Å². The first-order valence-electron chi connectivity index (χ1n) is 6.83. The van der Waals surface area contributed by atoms with Gasteiger partial charge >= 0.3 is 0 Å². The third kappa shape index (κ3) is 2.12. The van der Waals surface area contributed by atoms with Crippen LogP contribution in [0.15, 0.2) is 65.7 Å². The molecule has 1 aliphatic rings. The van der Waals surface area contributed by atoms with Crippen molar-refractivity contribution in [2.24, 2.45) is 10.4 Å². The van der Waals surface area contributed by atoms with Gasteiger partial charge in [0.1, 0.15) is 0 Å². The van der Waals surface area contributed by atoms with Crippen LogP contribution in [0.3, 0.4) is 0 Å². The van der Waals surface area contributed by atoms with Gasteiger partial charge in [0.2, 0.25) is 0 Å². The lowest BCUT2D eigenvalue weighted by atomic mass is 9.80. The van der Waals surface area contributed by atoms with Gasteiger partial charge in [0.15, 0.2) is 0 Å². The largest absolute Gasteiger partial charge is 0.279 e. The molecule has 3 rings (SSSR count). The number of rotatable bonds is 2. The molecule has 20 heavy (non-hydrogen) atoms. The first kappa shape index (κ1) is 12.6. The van der Waals surface area contributed by atoms with Crippen LogP contribution in [0.1, 0.15) is 30.5 Å². The molecular formula is C18H16N2. The standard InChI is InChI=1S/C18H16N2/c1-18(13-19)12-16(14-8-4-2-5-9-14)20-17(18)15-10-6-3-7-11-15/h2-11,16H,12H2,1H3/t16-,18+/m0/s1. The maximum atomic E-state index is 9.59. The summed E-state index contributed by atoms with van der Waals surface area (Å²) >= 11 is 0. The summed E-state index contributed by atoms with van der Waals surface area (Å²) in [6.45, 7) is 1.99. The topological polar surface area (TPSA) is 36.1 Å². The third-order valence-electron chi connectivity index (χ3n) is 3.89. The van der Waals surface area contributed by atoms with E-state index in [0.717, 1.165) is 17.7 Å². The van der Waals surface area contributed by atoms with Crippen molar-refractivity contribution in [1.29, 1.82) is 5.26 Å². The van der Waals surface area contributed by atoms with Crippen LogP contribution in [0.4, 0.5) is 0 Å². The van der Waals surface area contributed by atoms with Crippen molar-refractivity contribution in [2.75, 3.05) is 0 Å². The number of nitrogens with zero attached hydrogens (tertiary/aromatic N) is 2. The monoisotopic (exact) mass is 260 g/mol. The van der Waals surface area contributed by atoms with E-state index in [-0.39, 0.29) is 6.04 Å². The van der Waals surface area contributed by atoms with Crippen LogP contribution in [0.5, 0.6) is 0 Å². The van der Waals surface area contributed by atoms with Crippen LogP contribution in [0.2, 0.25) is 0 Å². The minimum absolute atomic E-state index is 0.0797. The summed E-state index contributed by atoms with van der Waals surface area (Å²) in [6.07, 6.45) is 0.748. The van der Waals surface area contributed by atoms with Crippen molar-refractivity contribution < 1.29 is 0 Å². The zero-order valence-electron chi connectivity index (χ0n) is 11.5. The molecule has 2 atom stereocenters. The zero-order chi connectivity index (χ0) is 14.0. The number of aliphatic imine (C=N–C) groups is 1. The van der Waals surface area contributed by atoms with Gasteiger partial charge in [-0.3, -0.25) is 4.99 Å². The minimum atomic E-state index is -0.512. The Hall–Kier alpha value is -2.40. The van der Waals surface area contributed by atoms with Crippen molar-refractivity contribution in [3.8, 4) is 6.07 Å². The van der Waals surface area contributed by atoms with Gasteiger partial charge in [0.05, 0.1) is 23.2 Å². The Kier molecular flexibility index (Phi) is 3.12. The molecule has 2 heteroatoms. The molecule has 0 saturated heterocycles. The van der Waals surface area contributed by atoms with Crippen molar-refractivity contribution in [3.63, 3.8) is 0 Å². The highest BCUT2D eigenvalue weighted by atomic mass is 14.9. The average molecular weight is 260 g/mol. The predicted molar refractivity (Wildman–Crippen MR) is 80.5 cm³/mol. The highest BCUT2D eigenvalue weighted by Gasteiger charge is 2.40. The molecule has 0 radical (unpaired) electrons. The van der Waals surface area contributed by atoms with Gasteiger partial charge in [-0.25, -0.2) is 0 Å². The highest BCUT2D eigenvalue weighted by molar-refractivity contribution is 6.07. The summed E-state index contributed by atoms with van der Waals surface area (Å²) in [5.41, 5.74) is 2.63. The molecule has 0 bridgehead atoms. The predicted octanol–water partition coefficient (Wildman–Crippen LogP) is 4.15. The average Bonchev–Trinajstić information content (AvgIpc) is 2.88. The number of benzene rings is 2. The Morgan fingerprint density at radius 2 is 1.65 bits per heavy atom. The van der Waals surface area contributed by atoms with E-state index >= 15 is 0 Å². The van der Waals surface area contributed by atoms with E-state index < -0.39 is 5.41 Å². The lowest BCUT2D eigenvalue weighted by molar-refractivity contribution is 0.535. The van der Waals surface area contributed by atoms with Crippen molar-refractivity contribution in [2.45, 2.75) is 19.4 Å².